The van der Waals surface area contributed by atoms with Crippen LogP contribution in [0.5, 0.6) is 17.2 Å². The van der Waals surface area contributed by atoms with E-state index in [1.807, 2.05) is 42.5 Å². The molecule has 24 heavy (non-hydrogen) atoms. The summed E-state index contributed by atoms with van der Waals surface area (Å²) in [6.45, 7) is 0.398. The molecule has 0 aliphatic heterocycles. The van der Waals surface area contributed by atoms with Gasteiger partial charge < -0.3 is 19.5 Å². The van der Waals surface area contributed by atoms with Crippen LogP contribution < -0.4 is 19.5 Å². The van der Waals surface area contributed by atoms with E-state index < -0.39 is 0 Å². The lowest BCUT2D eigenvalue weighted by Gasteiger charge is -2.09. The Morgan fingerprint density at radius 2 is 1.67 bits per heavy atom. The Balaban J connectivity index is 1.97. The van der Waals surface area contributed by atoms with E-state index in [1.165, 1.54) is 6.08 Å². The van der Waals surface area contributed by atoms with Crippen molar-refractivity contribution in [3.8, 4) is 17.2 Å². The molecule has 0 fully saturated rings. The third-order valence-electron chi connectivity index (χ3n) is 3.47. The van der Waals surface area contributed by atoms with Gasteiger partial charge in [0.2, 0.25) is 5.91 Å². The van der Waals surface area contributed by atoms with Gasteiger partial charge >= 0.3 is 0 Å². The van der Waals surface area contributed by atoms with Gasteiger partial charge in [0, 0.05) is 18.2 Å². The van der Waals surface area contributed by atoms with Crippen molar-refractivity contribution in [1.82, 2.24) is 5.32 Å². The molecular weight excluding hydrogens is 306 g/mol. The molecule has 0 bridgehead atoms. The molecule has 0 unspecified atom stereocenters. The van der Waals surface area contributed by atoms with Crippen molar-refractivity contribution in [1.29, 1.82) is 0 Å². The molecule has 2 rings (SSSR count). The first kappa shape index (κ1) is 17.4. The molecule has 126 valence electrons. The van der Waals surface area contributed by atoms with Crippen LogP contribution in [0, 0.1) is 0 Å². The van der Waals surface area contributed by atoms with Crippen LogP contribution in [0.2, 0.25) is 0 Å². The zero-order valence-corrected chi connectivity index (χ0v) is 14.0. The fourth-order valence-electron chi connectivity index (χ4n) is 2.21. The summed E-state index contributed by atoms with van der Waals surface area (Å²) in [4.78, 5) is 12.0. The first-order chi connectivity index (χ1) is 11.7. The van der Waals surface area contributed by atoms with Crippen molar-refractivity contribution in [3.05, 3.63) is 59.7 Å². The van der Waals surface area contributed by atoms with Crippen LogP contribution in [0.1, 0.15) is 11.1 Å². The molecule has 0 aliphatic carbocycles. The number of amides is 1. The SMILES string of the molecule is COc1ccccc1/C=C/C(=O)NCc1ccc(OC)c(OC)c1. The summed E-state index contributed by atoms with van der Waals surface area (Å²) in [5.74, 6) is 1.83. The fourth-order valence-corrected chi connectivity index (χ4v) is 2.21. The standard InChI is InChI=1S/C19H21NO4/c1-22-16-7-5-4-6-15(16)9-11-19(21)20-13-14-8-10-17(23-2)18(12-14)24-3/h4-12H,13H2,1-3H3,(H,20,21)/b11-9+. The highest BCUT2D eigenvalue weighted by Crippen LogP contribution is 2.27. The molecule has 5 nitrogen and oxygen atoms in total. The van der Waals surface area contributed by atoms with Crippen LogP contribution in [0.15, 0.2) is 48.5 Å². The van der Waals surface area contributed by atoms with Gasteiger partial charge in [-0.2, -0.15) is 0 Å². The molecule has 1 N–H and O–H groups in total. The lowest BCUT2D eigenvalue weighted by molar-refractivity contribution is -0.116. The molecule has 1 amide bonds. The van der Waals surface area contributed by atoms with Gasteiger partial charge in [0.15, 0.2) is 11.5 Å². The second kappa shape index (κ2) is 8.62. The molecule has 0 atom stereocenters. The van der Waals surface area contributed by atoms with Gasteiger partial charge in [0.1, 0.15) is 5.75 Å². The Morgan fingerprint density at radius 3 is 2.38 bits per heavy atom. The summed E-state index contributed by atoms with van der Waals surface area (Å²) in [5.41, 5.74) is 1.77. The van der Waals surface area contributed by atoms with E-state index in [0.717, 1.165) is 16.9 Å². The normalized spacial score (nSPS) is 10.5. The van der Waals surface area contributed by atoms with Gasteiger partial charge in [-0.1, -0.05) is 24.3 Å². The highest BCUT2D eigenvalue weighted by molar-refractivity contribution is 5.92. The van der Waals surface area contributed by atoms with Crippen molar-refractivity contribution in [2.24, 2.45) is 0 Å². The van der Waals surface area contributed by atoms with Gasteiger partial charge in [0.05, 0.1) is 21.3 Å². The number of benzene rings is 2. The molecule has 0 aliphatic rings. The zero-order chi connectivity index (χ0) is 17.4. The third-order valence-corrected chi connectivity index (χ3v) is 3.47. The zero-order valence-electron chi connectivity index (χ0n) is 14.0. The van der Waals surface area contributed by atoms with Crippen molar-refractivity contribution < 1.29 is 19.0 Å². The van der Waals surface area contributed by atoms with Crippen molar-refractivity contribution in [2.75, 3.05) is 21.3 Å². The minimum atomic E-state index is -0.185. The number of para-hydroxylation sites is 1. The van der Waals surface area contributed by atoms with E-state index in [1.54, 1.807) is 27.4 Å². The highest BCUT2D eigenvalue weighted by Gasteiger charge is 2.05. The second-order valence-corrected chi connectivity index (χ2v) is 4.98. The molecule has 0 saturated carbocycles. The molecule has 0 spiro atoms. The first-order valence-electron chi connectivity index (χ1n) is 7.47. The van der Waals surface area contributed by atoms with Crippen LogP contribution in [0.25, 0.3) is 6.08 Å². The predicted molar refractivity (Wildman–Crippen MR) is 93.4 cm³/mol. The maximum absolute atomic E-state index is 12.0. The lowest BCUT2D eigenvalue weighted by Crippen LogP contribution is -2.20. The summed E-state index contributed by atoms with van der Waals surface area (Å²) < 4.78 is 15.7. The van der Waals surface area contributed by atoms with Crippen molar-refractivity contribution in [3.63, 3.8) is 0 Å². The van der Waals surface area contributed by atoms with Gasteiger partial charge in [-0.3, -0.25) is 4.79 Å². The van der Waals surface area contributed by atoms with E-state index in [0.29, 0.717) is 18.0 Å². The minimum Gasteiger partial charge on any atom is -0.496 e. The van der Waals surface area contributed by atoms with E-state index in [9.17, 15) is 4.79 Å². The quantitative estimate of drug-likeness (QED) is 0.794. The number of carbonyl (C=O) groups excluding carboxylic acids is 1. The largest absolute Gasteiger partial charge is 0.496 e. The molecule has 0 aromatic heterocycles. The summed E-state index contributed by atoms with van der Waals surface area (Å²) in [7, 11) is 4.77. The number of ether oxygens (including phenoxy) is 3. The molecule has 0 radical (unpaired) electrons. The molecule has 2 aromatic carbocycles. The summed E-state index contributed by atoms with van der Waals surface area (Å²) >= 11 is 0. The third kappa shape index (κ3) is 4.52. The lowest BCUT2D eigenvalue weighted by atomic mass is 10.2. The predicted octanol–water partition coefficient (Wildman–Crippen LogP) is 3.04. The van der Waals surface area contributed by atoms with Crippen molar-refractivity contribution >= 4 is 12.0 Å². The van der Waals surface area contributed by atoms with E-state index in [2.05, 4.69) is 5.32 Å². The van der Waals surface area contributed by atoms with E-state index >= 15 is 0 Å². The Hall–Kier alpha value is -2.95. The topological polar surface area (TPSA) is 56.8 Å². The minimum absolute atomic E-state index is 0.185. The Bertz CT molecular complexity index is 725. The first-order valence-corrected chi connectivity index (χ1v) is 7.47. The summed E-state index contributed by atoms with van der Waals surface area (Å²) in [6, 6.07) is 13.0. The fraction of sp³-hybridized carbons (Fsp3) is 0.211. The second-order valence-electron chi connectivity index (χ2n) is 4.98. The van der Waals surface area contributed by atoms with Crippen molar-refractivity contribution in [2.45, 2.75) is 6.54 Å². The Kier molecular flexibility index (Phi) is 6.25. The molecule has 0 saturated heterocycles. The number of hydrogen-bond acceptors (Lipinski definition) is 4. The average molecular weight is 327 g/mol. The van der Waals surface area contributed by atoms with Crippen LogP contribution >= 0.6 is 0 Å². The van der Waals surface area contributed by atoms with Gasteiger partial charge in [-0.15, -0.1) is 0 Å². The Morgan fingerprint density at radius 1 is 0.958 bits per heavy atom. The average Bonchev–Trinajstić information content (AvgIpc) is 2.64. The monoisotopic (exact) mass is 327 g/mol. The maximum Gasteiger partial charge on any atom is 0.244 e. The molecule has 2 aromatic rings. The maximum atomic E-state index is 12.0. The van der Waals surface area contributed by atoms with E-state index in [4.69, 9.17) is 14.2 Å². The smallest absolute Gasteiger partial charge is 0.244 e. The number of nitrogens with one attached hydrogen (secondary N) is 1. The molecule has 5 heteroatoms. The molecule has 0 heterocycles. The number of methoxy groups -OCH3 is 3. The number of carbonyl (C=O) groups is 1. The summed E-state index contributed by atoms with van der Waals surface area (Å²) in [6.07, 6.45) is 3.21. The van der Waals surface area contributed by atoms with Crippen LogP contribution in [0.3, 0.4) is 0 Å². The Labute approximate surface area is 141 Å². The summed E-state index contributed by atoms with van der Waals surface area (Å²) in [5, 5.41) is 2.83. The molecular formula is C19H21NO4. The van der Waals surface area contributed by atoms with E-state index in [-0.39, 0.29) is 5.91 Å². The van der Waals surface area contributed by atoms with Gasteiger partial charge in [-0.25, -0.2) is 0 Å². The number of rotatable bonds is 7. The highest BCUT2D eigenvalue weighted by atomic mass is 16.5. The van der Waals surface area contributed by atoms with Crippen LogP contribution in [0.4, 0.5) is 0 Å². The van der Waals surface area contributed by atoms with Gasteiger partial charge in [-0.05, 0) is 29.8 Å². The van der Waals surface area contributed by atoms with Crippen LogP contribution in [-0.4, -0.2) is 27.2 Å². The van der Waals surface area contributed by atoms with Crippen LogP contribution in [-0.2, 0) is 11.3 Å². The number of hydrogen-bond donors (Lipinski definition) is 1. The van der Waals surface area contributed by atoms with Gasteiger partial charge in [0.25, 0.3) is 0 Å².